The molecule has 8 aromatic carbocycles. The summed E-state index contributed by atoms with van der Waals surface area (Å²) in [6, 6.07) is 35.7. The summed E-state index contributed by atoms with van der Waals surface area (Å²) in [6.45, 7) is 0. The highest BCUT2D eigenvalue weighted by atomic mass is 16.3. The van der Waals surface area contributed by atoms with E-state index in [9.17, 15) is 6.85 Å². The first kappa shape index (κ1) is 22.5. The molecule has 0 aliphatic heterocycles. The number of hydrogen-bond donors (Lipinski definition) is 0. The second-order valence-electron chi connectivity index (χ2n) is 12.9. The lowest BCUT2D eigenvalue weighted by Gasteiger charge is -2.13. The molecule has 0 saturated heterocycles. The number of para-hydroxylation sites is 2. The van der Waals surface area contributed by atoms with Crippen LogP contribution in [-0.2, 0) is 0 Å². The van der Waals surface area contributed by atoms with Crippen LogP contribution < -0.4 is 0 Å². The smallest absolute Gasteiger partial charge is 0.164 e. The predicted molar refractivity (Wildman–Crippen MR) is 221 cm³/mol. The Kier molecular flexibility index (Phi) is 5.06. The van der Waals surface area contributed by atoms with Gasteiger partial charge in [0, 0.05) is 43.9 Å². The van der Waals surface area contributed by atoms with Gasteiger partial charge < -0.3 is 8.98 Å². The summed E-state index contributed by atoms with van der Waals surface area (Å²) in [5.41, 5.74) is 4.21. The van der Waals surface area contributed by atoms with E-state index < -0.39 is 24.2 Å². The van der Waals surface area contributed by atoms with Crippen molar-refractivity contribution in [2.24, 2.45) is 0 Å². The van der Waals surface area contributed by atoms with Crippen LogP contribution in [0.4, 0.5) is 0 Å². The number of furan rings is 1. The maximum absolute atomic E-state index is 9.94. The molecule has 5 nitrogen and oxygen atoms in total. The molecule has 11 aromatic rings. The fourth-order valence-corrected chi connectivity index (χ4v) is 7.25. The summed E-state index contributed by atoms with van der Waals surface area (Å²) in [5.74, 6) is 1.17. The first-order valence-electron chi connectivity index (χ1n) is 21.9. The Bertz CT molecular complexity index is 3680. The lowest BCUT2D eigenvalue weighted by Crippen LogP contribution is -2.00. The highest BCUT2D eigenvalue weighted by Crippen LogP contribution is 2.41. The first-order valence-corrected chi connectivity index (χ1v) is 17.4. The molecule has 11 rings (SSSR count). The van der Waals surface area contributed by atoms with Gasteiger partial charge in [-0.2, -0.15) is 0 Å². The van der Waals surface area contributed by atoms with Crippen LogP contribution in [0.1, 0.15) is 12.3 Å². The second-order valence-corrected chi connectivity index (χ2v) is 12.9. The van der Waals surface area contributed by atoms with Crippen LogP contribution in [0.2, 0.25) is 0 Å². The number of rotatable bonds is 5. The van der Waals surface area contributed by atoms with Crippen LogP contribution in [0.3, 0.4) is 0 Å². The molecule has 0 radical (unpaired) electrons. The van der Waals surface area contributed by atoms with Crippen molar-refractivity contribution in [3.63, 3.8) is 0 Å². The van der Waals surface area contributed by atoms with Crippen molar-refractivity contribution in [2.75, 3.05) is 0 Å². The minimum atomic E-state index is -0.453. The SMILES string of the molecule is [2H]c1c([2H])c(-c2cc(-c3nc(-c4ccccc4)nc(-c4ccccc4)n3)c3c(c2)oc2ccccc23)c([2H])c(-n2c3ccccc3c3c([2H])c4c([2H])c([2H])c([2H])c([2H])c4cc32)c1[2H]. The fourth-order valence-electron chi connectivity index (χ4n) is 7.25. The molecule has 0 aliphatic rings. The molecule has 0 atom stereocenters. The summed E-state index contributed by atoms with van der Waals surface area (Å²) < 4.78 is 89.6. The molecule has 252 valence electrons. The summed E-state index contributed by atoms with van der Waals surface area (Å²) in [5, 5.41) is 2.55. The Morgan fingerprint density at radius 2 is 1.13 bits per heavy atom. The van der Waals surface area contributed by atoms with Gasteiger partial charge >= 0.3 is 0 Å². The molecular weight excluding hydrogens is 661 g/mol. The number of nitrogens with zero attached hydrogens (tertiary/aromatic N) is 4. The van der Waals surface area contributed by atoms with Crippen molar-refractivity contribution < 1.29 is 16.8 Å². The minimum absolute atomic E-state index is 0.0370. The van der Waals surface area contributed by atoms with Gasteiger partial charge in [0.1, 0.15) is 11.2 Å². The number of benzene rings is 8. The van der Waals surface area contributed by atoms with E-state index in [0.29, 0.717) is 67.0 Å². The van der Waals surface area contributed by atoms with E-state index in [1.165, 1.54) is 0 Å². The molecule has 0 fully saturated rings. The Hall–Kier alpha value is -7.37. The van der Waals surface area contributed by atoms with Crippen LogP contribution in [0.15, 0.2) is 186 Å². The Morgan fingerprint density at radius 1 is 0.463 bits per heavy atom. The van der Waals surface area contributed by atoms with Crippen molar-refractivity contribution in [3.05, 3.63) is 182 Å². The lowest BCUT2D eigenvalue weighted by molar-refractivity contribution is 0.669. The zero-order valence-corrected chi connectivity index (χ0v) is 28.3. The number of aromatic nitrogens is 4. The van der Waals surface area contributed by atoms with Gasteiger partial charge in [-0.15, -0.1) is 0 Å². The standard InChI is InChI=1S/C49H30N4O/c1-3-14-31(15-4-1)47-50-48(32-16-5-2-6-17-32)52-49(51-47)41-28-36(30-45-46(41)39-23-10-12-25-44(39)54-45)33-20-13-21-37(26-33)53-42-24-11-9-22-38(42)40-27-34-18-7-8-19-35(34)29-43(40)53/h1-30H/i7D,8D,13D,18D,19D,20D,21D,26D,27D. The van der Waals surface area contributed by atoms with E-state index >= 15 is 0 Å². The normalized spacial score (nSPS) is 14.0. The van der Waals surface area contributed by atoms with Gasteiger partial charge in [0.25, 0.3) is 0 Å². The van der Waals surface area contributed by atoms with Gasteiger partial charge in [0.05, 0.1) is 23.4 Å². The van der Waals surface area contributed by atoms with Gasteiger partial charge in [0.2, 0.25) is 0 Å². The predicted octanol–water partition coefficient (Wildman–Crippen LogP) is 12.7. The van der Waals surface area contributed by atoms with Crippen molar-refractivity contribution in [1.82, 2.24) is 19.5 Å². The van der Waals surface area contributed by atoms with Gasteiger partial charge in [-0.1, -0.05) is 133 Å². The molecule has 3 heterocycles. The lowest BCUT2D eigenvalue weighted by atomic mass is 9.97. The summed E-state index contributed by atoms with van der Waals surface area (Å²) in [4.78, 5) is 14.9. The molecule has 0 unspecified atom stereocenters. The molecule has 3 aromatic heterocycles. The molecule has 5 heteroatoms. The molecule has 0 N–H and O–H groups in total. The van der Waals surface area contributed by atoms with E-state index in [1.807, 2.05) is 84.9 Å². The summed E-state index contributed by atoms with van der Waals surface area (Å²) in [6.07, 6.45) is 0. The van der Waals surface area contributed by atoms with E-state index in [1.54, 1.807) is 47.0 Å². The molecule has 0 aliphatic carbocycles. The third kappa shape index (κ3) is 4.90. The van der Waals surface area contributed by atoms with Gasteiger partial charge in [-0.3, -0.25) is 0 Å². The van der Waals surface area contributed by atoms with Crippen molar-refractivity contribution in [2.45, 2.75) is 0 Å². The van der Waals surface area contributed by atoms with E-state index in [0.717, 1.165) is 16.5 Å². The maximum atomic E-state index is 9.94. The number of fused-ring (bicyclic) bond motifs is 7. The van der Waals surface area contributed by atoms with E-state index in [-0.39, 0.29) is 52.2 Å². The fraction of sp³-hybridized carbons (Fsp3) is 0. The van der Waals surface area contributed by atoms with Crippen LogP contribution in [0, 0.1) is 0 Å². The number of hydrogen-bond acceptors (Lipinski definition) is 4. The van der Waals surface area contributed by atoms with Crippen molar-refractivity contribution >= 4 is 54.5 Å². The second kappa shape index (κ2) is 12.1. The largest absolute Gasteiger partial charge is 0.456 e. The highest BCUT2D eigenvalue weighted by Gasteiger charge is 2.20. The van der Waals surface area contributed by atoms with Crippen LogP contribution in [0.5, 0.6) is 0 Å². The third-order valence-electron chi connectivity index (χ3n) is 9.70. The average molecular weight is 700 g/mol. The Morgan fingerprint density at radius 3 is 1.91 bits per heavy atom. The minimum Gasteiger partial charge on any atom is -0.456 e. The molecule has 0 amide bonds. The maximum Gasteiger partial charge on any atom is 0.164 e. The average Bonchev–Trinajstić information content (AvgIpc) is 3.85. The quantitative estimate of drug-likeness (QED) is 0.179. The molecule has 54 heavy (non-hydrogen) atoms. The van der Waals surface area contributed by atoms with Crippen LogP contribution >= 0.6 is 0 Å². The molecular formula is C49H30N4O. The first-order chi connectivity index (χ1) is 30.5. The van der Waals surface area contributed by atoms with Crippen LogP contribution in [0.25, 0.3) is 105 Å². The monoisotopic (exact) mass is 699 g/mol. The van der Waals surface area contributed by atoms with Crippen LogP contribution in [-0.4, -0.2) is 19.5 Å². The Labute approximate surface area is 323 Å². The Balaban J connectivity index is 1.23. The van der Waals surface area contributed by atoms with E-state index in [2.05, 4.69) is 0 Å². The van der Waals surface area contributed by atoms with Gasteiger partial charge in [0.15, 0.2) is 17.5 Å². The topological polar surface area (TPSA) is 56.7 Å². The van der Waals surface area contributed by atoms with E-state index in [4.69, 9.17) is 24.9 Å². The van der Waals surface area contributed by atoms with Gasteiger partial charge in [-0.25, -0.2) is 15.0 Å². The third-order valence-corrected chi connectivity index (χ3v) is 9.70. The molecule has 0 saturated carbocycles. The van der Waals surface area contributed by atoms with Gasteiger partial charge in [-0.05, 0) is 70.4 Å². The van der Waals surface area contributed by atoms with Crippen molar-refractivity contribution in [3.8, 4) is 51.0 Å². The summed E-state index contributed by atoms with van der Waals surface area (Å²) >= 11 is 0. The zero-order chi connectivity index (χ0) is 43.4. The summed E-state index contributed by atoms with van der Waals surface area (Å²) in [7, 11) is 0. The highest BCUT2D eigenvalue weighted by molar-refractivity contribution is 6.14. The molecule has 0 spiro atoms. The van der Waals surface area contributed by atoms with Crippen molar-refractivity contribution in [1.29, 1.82) is 0 Å². The zero-order valence-electron chi connectivity index (χ0n) is 37.3. The molecule has 0 bridgehead atoms.